The molecule has 4 atom stereocenters. The first-order valence-electron chi connectivity index (χ1n) is 11.1. The van der Waals surface area contributed by atoms with Crippen LogP contribution in [0.1, 0.15) is 118 Å². The lowest BCUT2D eigenvalue weighted by Crippen LogP contribution is -2.21. The molecular formula is C23H46. The van der Waals surface area contributed by atoms with Gasteiger partial charge in [-0.3, -0.25) is 0 Å². The lowest BCUT2D eigenvalue weighted by atomic mass is 9.74. The number of hydrogen-bond acceptors (Lipinski definition) is 0. The number of rotatable bonds is 13. The minimum atomic E-state index is 0.925. The molecule has 1 fully saturated rings. The summed E-state index contributed by atoms with van der Waals surface area (Å²) in [5, 5.41) is 0. The second-order valence-electron chi connectivity index (χ2n) is 8.97. The maximum absolute atomic E-state index is 2.55. The van der Waals surface area contributed by atoms with Crippen LogP contribution in [0.25, 0.3) is 0 Å². The fourth-order valence-corrected chi connectivity index (χ4v) is 4.81. The van der Waals surface area contributed by atoms with Gasteiger partial charge in [-0.1, -0.05) is 105 Å². The zero-order valence-corrected chi connectivity index (χ0v) is 17.1. The molecular weight excluding hydrogens is 276 g/mol. The van der Waals surface area contributed by atoms with Gasteiger partial charge in [-0.15, -0.1) is 0 Å². The van der Waals surface area contributed by atoms with Crippen molar-refractivity contribution in [1.29, 1.82) is 0 Å². The van der Waals surface area contributed by atoms with Crippen molar-refractivity contribution in [2.24, 2.45) is 29.6 Å². The van der Waals surface area contributed by atoms with Gasteiger partial charge in [-0.05, 0) is 42.4 Å². The van der Waals surface area contributed by atoms with Gasteiger partial charge in [-0.25, -0.2) is 0 Å². The van der Waals surface area contributed by atoms with Crippen LogP contribution in [-0.2, 0) is 0 Å². The van der Waals surface area contributed by atoms with Crippen LogP contribution in [0.4, 0.5) is 0 Å². The topological polar surface area (TPSA) is 0 Å². The van der Waals surface area contributed by atoms with Crippen LogP contribution in [0.15, 0.2) is 0 Å². The van der Waals surface area contributed by atoms with E-state index in [9.17, 15) is 0 Å². The highest BCUT2D eigenvalue weighted by Gasteiger charge is 2.28. The zero-order valence-electron chi connectivity index (χ0n) is 17.1. The molecule has 0 bridgehead atoms. The first-order chi connectivity index (χ1) is 11.1. The molecule has 0 nitrogen and oxygen atoms in total. The van der Waals surface area contributed by atoms with Crippen molar-refractivity contribution in [3.63, 3.8) is 0 Å². The molecule has 0 spiro atoms. The van der Waals surface area contributed by atoms with E-state index in [1.165, 1.54) is 83.5 Å². The summed E-state index contributed by atoms with van der Waals surface area (Å²) in [5.41, 5.74) is 0. The predicted molar refractivity (Wildman–Crippen MR) is 106 cm³/mol. The Morgan fingerprint density at radius 2 is 1.39 bits per heavy atom. The number of unbranched alkanes of at least 4 members (excludes halogenated alkanes) is 3. The lowest BCUT2D eigenvalue weighted by molar-refractivity contribution is 0.195. The van der Waals surface area contributed by atoms with Gasteiger partial charge in [-0.2, -0.15) is 0 Å². The summed E-state index contributed by atoms with van der Waals surface area (Å²) in [6.45, 7) is 12.2. The molecule has 0 aromatic heterocycles. The molecule has 0 saturated heterocycles. The quantitative estimate of drug-likeness (QED) is 0.299. The second kappa shape index (κ2) is 12.4. The predicted octanol–water partition coefficient (Wildman–Crippen LogP) is 8.25. The van der Waals surface area contributed by atoms with Crippen LogP contribution >= 0.6 is 0 Å². The summed E-state index contributed by atoms with van der Waals surface area (Å²) in [7, 11) is 0. The smallest absolute Gasteiger partial charge is 0.0381 e. The first kappa shape index (κ1) is 21.0. The summed E-state index contributed by atoms with van der Waals surface area (Å²) in [6.07, 6.45) is 19.0. The number of hydrogen-bond donors (Lipinski definition) is 0. The van der Waals surface area contributed by atoms with E-state index in [2.05, 4.69) is 34.6 Å². The van der Waals surface area contributed by atoms with Gasteiger partial charge in [0, 0.05) is 0 Å². The van der Waals surface area contributed by atoms with E-state index >= 15 is 0 Å². The van der Waals surface area contributed by atoms with E-state index in [4.69, 9.17) is 0 Å². The fraction of sp³-hybridized carbons (Fsp3) is 1.00. The van der Waals surface area contributed by atoms with Crippen molar-refractivity contribution in [1.82, 2.24) is 0 Å². The standard InChI is InChI=1S/C23H46/c1-6-8-10-13-19(3)17-23(22-15-11-12-16-22)18-21(5)20(4)14-9-7-2/h19-23H,6-18H2,1-5H3. The summed E-state index contributed by atoms with van der Waals surface area (Å²) in [4.78, 5) is 0. The molecule has 23 heavy (non-hydrogen) atoms. The Bertz CT molecular complexity index is 263. The van der Waals surface area contributed by atoms with E-state index in [1.807, 2.05) is 0 Å². The van der Waals surface area contributed by atoms with E-state index < -0.39 is 0 Å². The van der Waals surface area contributed by atoms with E-state index in [-0.39, 0.29) is 0 Å². The molecule has 138 valence electrons. The average Bonchev–Trinajstić information content (AvgIpc) is 3.06. The summed E-state index contributed by atoms with van der Waals surface area (Å²) < 4.78 is 0. The minimum absolute atomic E-state index is 0.925. The molecule has 0 amide bonds. The maximum Gasteiger partial charge on any atom is -0.0381 e. The van der Waals surface area contributed by atoms with Gasteiger partial charge < -0.3 is 0 Å². The van der Waals surface area contributed by atoms with Crippen LogP contribution in [0.3, 0.4) is 0 Å². The van der Waals surface area contributed by atoms with Crippen LogP contribution in [0, 0.1) is 29.6 Å². The lowest BCUT2D eigenvalue weighted by Gasteiger charge is -2.31. The largest absolute Gasteiger partial charge is 0.0654 e. The van der Waals surface area contributed by atoms with E-state index in [0.717, 1.165) is 29.6 Å². The third-order valence-corrected chi connectivity index (χ3v) is 6.73. The van der Waals surface area contributed by atoms with Crippen LogP contribution < -0.4 is 0 Å². The van der Waals surface area contributed by atoms with Crippen molar-refractivity contribution in [2.75, 3.05) is 0 Å². The summed E-state index contributed by atoms with van der Waals surface area (Å²) >= 11 is 0. The van der Waals surface area contributed by atoms with Gasteiger partial charge in [0.1, 0.15) is 0 Å². The molecule has 0 N–H and O–H groups in total. The molecule has 1 rings (SSSR count). The van der Waals surface area contributed by atoms with Crippen LogP contribution in [-0.4, -0.2) is 0 Å². The molecule has 0 aliphatic heterocycles. The summed E-state index contributed by atoms with van der Waals surface area (Å²) in [5.74, 6) is 4.88. The van der Waals surface area contributed by atoms with Crippen molar-refractivity contribution in [3.8, 4) is 0 Å². The second-order valence-corrected chi connectivity index (χ2v) is 8.97. The highest BCUT2D eigenvalue weighted by Crippen LogP contribution is 2.40. The average molecular weight is 323 g/mol. The van der Waals surface area contributed by atoms with Crippen molar-refractivity contribution in [3.05, 3.63) is 0 Å². The molecule has 0 radical (unpaired) electrons. The van der Waals surface area contributed by atoms with Crippen molar-refractivity contribution < 1.29 is 0 Å². The molecule has 0 aromatic carbocycles. The molecule has 1 saturated carbocycles. The van der Waals surface area contributed by atoms with E-state index in [1.54, 1.807) is 0 Å². The van der Waals surface area contributed by atoms with Crippen molar-refractivity contribution in [2.45, 2.75) is 118 Å². The monoisotopic (exact) mass is 322 g/mol. The molecule has 0 heteroatoms. The SMILES string of the molecule is CCCCCC(C)CC(CC(C)C(C)CCCC)C1CCCC1. The Kier molecular flexibility index (Phi) is 11.3. The Morgan fingerprint density at radius 3 is 2.00 bits per heavy atom. The van der Waals surface area contributed by atoms with Gasteiger partial charge >= 0.3 is 0 Å². The summed E-state index contributed by atoms with van der Waals surface area (Å²) in [6, 6.07) is 0. The fourth-order valence-electron chi connectivity index (χ4n) is 4.81. The highest BCUT2D eigenvalue weighted by molar-refractivity contribution is 4.79. The maximum atomic E-state index is 2.55. The van der Waals surface area contributed by atoms with Crippen LogP contribution in [0.5, 0.6) is 0 Å². The molecule has 4 unspecified atom stereocenters. The van der Waals surface area contributed by atoms with E-state index in [0.29, 0.717) is 0 Å². The molecule has 0 aromatic rings. The zero-order chi connectivity index (χ0) is 17.1. The third kappa shape index (κ3) is 8.59. The van der Waals surface area contributed by atoms with Crippen molar-refractivity contribution >= 4 is 0 Å². The Morgan fingerprint density at radius 1 is 0.739 bits per heavy atom. The minimum Gasteiger partial charge on any atom is -0.0654 e. The third-order valence-electron chi connectivity index (χ3n) is 6.73. The highest BCUT2D eigenvalue weighted by atomic mass is 14.3. The van der Waals surface area contributed by atoms with Gasteiger partial charge in [0.2, 0.25) is 0 Å². The Balaban J connectivity index is 2.47. The van der Waals surface area contributed by atoms with Gasteiger partial charge in [0.25, 0.3) is 0 Å². The molecule has 0 heterocycles. The van der Waals surface area contributed by atoms with Crippen LogP contribution in [0.2, 0.25) is 0 Å². The Labute approximate surface area is 148 Å². The molecule has 1 aliphatic rings. The first-order valence-corrected chi connectivity index (χ1v) is 11.1. The normalized spacial score (nSPS) is 21.3. The molecule has 1 aliphatic carbocycles. The van der Waals surface area contributed by atoms with Gasteiger partial charge in [0.15, 0.2) is 0 Å². The van der Waals surface area contributed by atoms with Gasteiger partial charge in [0.05, 0.1) is 0 Å². The Hall–Kier alpha value is 0.